The number of hydrogen-bond acceptors (Lipinski definition) is 3. The normalized spacial score (nSPS) is 20.9. The van der Waals surface area contributed by atoms with Gasteiger partial charge in [-0.15, -0.1) is 0 Å². The Hall–Kier alpha value is -1.66. The van der Waals surface area contributed by atoms with Gasteiger partial charge in [0.1, 0.15) is 0 Å². The maximum atomic E-state index is 12.4. The molecule has 0 bridgehead atoms. The third kappa shape index (κ3) is 3.87. The number of nitrogens with one attached hydrogen (secondary N) is 2. The van der Waals surface area contributed by atoms with E-state index in [-0.39, 0.29) is 24.2 Å². The molecule has 1 unspecified atom stereocenters. The summed E-state index contributed by atoms with van der Waals surface area (Å²) in [6, 6.07) is 5.83. The van der Waals surface area contributed by atoms with Crippen LogP contribution in [-0.4, -0.2) is 38.0 Å². The molecule has 0 aromatic heterocycles. The van der Waals surface area contributed by atoms with Crippen LogP contribution in [0.3, 0.4) is 0 Å². The fourth-order valence-corrected chi connectivity index (χ4v) is 3.35. The van der Waals surface area contributed by atoms with Crippen LogP contribution < -0.4 is 15.5 Å². The SMILES string of the molecule is Cc1cc(N2CC(C(=O)NCC3=CCNCC3)CC2=O)ccc1Br. The predicted octanol–water partition coefficient (Wildman–Crippen LogP) is 2.15. The van der Waals surface area contributed by atoms with Gasteiger partial charge in [0.2, 0.25) is 11.8 Å². The molecule has 3 rings (SSSR count). The van der Waals surface area contributed by atoms with Gasteiger partial charge in [0.15, 0.2) is 0 Å². The third-order valence-corrected chi connectivity index (χ3v) is 5.49. The van der Waals surface area contributed by atoms with Crippen molar-refractivity contribution in [1.29, 1.82) is 0 Å². The Labute approximate surface area is 150 Å². The summed E-state index contributed by atoms with van der Waals surface area (Å²) in [5.74, 6) is -0.291. The molecule has 0 saturated carbocycles. The summed E-state index contributed by atoms with van der Waals surface area (Å²) in [6.07, 6.45) is 3.37. The molecule has 2 amide bonds. The first-order valence-corrected chi connectivity index (χ1v) is 9.07. The highest BCUT2D eigenvalue weighted by Gasteiger charge is 2.35. The Balaban J connectivity index is 1.60. The van der Waals surface area contributed by atoms with Crippen LogP contribution in [0.5, 0.6) is 0 Å². The first kappa shape index (κ1) is 17.2. The van der Waals surface area contributed by atoms with Gasteiger partial charge in [0.05, 0.1) is 5.92 Å². The number of halogens is 1. The molecule has 6 heteroatoms. The fraction of sp³-hybridized carbons (Fsp3) is 0.444. The number of amides is 2. The molecule has 0 spiro atoms. The molecule has 1 atom stereocenters. The van der Waals surface area contributed by atoms with E-state index >= 15 is 0 Å². The van der Waals surface area contributed by atoms with Crippen LogP contribution in [0.15, 0.2) is 34.3 Å². The van der Waals surface area contributed by atoms with Gasteiger partial charge in [-0.05, 0) is 43.7 Å². The summed E-state index contributed by atoms with van der Waals surface area (Å²) in [4.78, 5) is 26.4. The molecule has 2 aliphatic rings. The van der Waals surface area contributed by atoms with E-state index in [4.69, 9.17) is 0 Å². The average molecular weight is 392 g/mol. The number of hydrogen-bond donors (Lipinski definition) is 2. The van der Waals surface area contributed by atoms with Crippen LogP contribution in [0.4, 0.5) is 5.69 Å². The molecule has 128 valence electrons. The zero-order chi connectivity index (χ0) is 17.1. The quantitative estimate of drug-likeness (QED) is 0.772. The average Bonchev–Trinajstić information content (AvgIpc) is 2.98. The van der Waals surface area contributed by atoms with Gasteiger partial charge in [-0.1, -0.05) is 27.6 Å². The van der Waals surface area contributed by atoms with Gasteiger partial charge >= 0.3 is 0 Å². The van der Waals surface area contributed by atoms with Crippen LogP contribution >= 0.6 is 15.9 Å². The summed E-state index contributed by atoms with van der Waals surface area (Å²) in [5.41, 5.74) is 3.19. The van der Waals surface area contributed by atoms with Crippen LogP contribution in [0.25, 0.3) is 0 Å². The standard InChI is InChI=1S/C18H22BrN3O2/c1-12-8-15(2-3-16(12)19)22-11-14(9-17(22)23)18(24)21-10-13-4-6-20-7-5-13/h2-4,8,14,20H,5-7,9-11H2,1H3,(H,21,24). The minimum Gasteiger partial charge on any atom is -0.352 e. The number of anilines is 1. The van der Waals surface area contributed by atoms with Crippen LogP contribution in [0.1, 0.15) is 18.4 Å². The van der Waals surface area contributed by atoms with Crippen molar-refractivity contribution in [1.82, 2.24) is 10.6 Å². The van der Waals surface area contributed by atoms with Gasteiger partial charge in [0, 0.05) is 36.2 Å². The number of nitrogens with zero attached hydrogens (tertiary/aromatic N) is 1. The van der Waals surface area contributed by atoms with Crippen molar-refractivity contribution < 1.29 is 9.59 Å². The topological polar surface area (TPSA) is 61.4 Å². The zero-order valence-corrected chi connectivity index (χ0v) is 15.4. The van der Waals surface area contributed by atoms with Gasteiger partial charge < -0.3 is 15.5 Å². The third-order valence-electron chi connectivity index (χ3n) is 4.60. The molecule has 24 heavy (non-hydrogen) atoms. The Kier molecular flexibility index (Phi) is 5.36. The Morgan fingerprint density at radius 2 is 2.29 bits per heavy atom. The molecule has 0 radical (unpaired) electrons. The van der Waals surface area contributed by atoms with E-state index in [1.165, 1.54) is 5.57 Å². The van der Waals surface area contributed by atoms with Gasteiger partial charge in [-0.3, -0.25) is 9.59 Å². The zero-order valence-electron chi connectivity index (χ0n) is 13.8. The second kappa shape index (κ2) is 7.49. The summed E-state index contributed by atoms with van der Waals surface area (Å²) in [6.45, 7) is 4.85. The van der Waals surface area contributed by atoms with Crippen molar-refractivity contribution in [3.63, 3.8) is 0 Å². The van der Waals surface area contributed by atoms with E-state index in [9.17, 15) is 9.59 Å². The largest absolute Gasteiger partial charge is 0.352 e. The number of rotatable bonds is 4. The maximum Gasteiger partial charge on any atom is 0.227 e. The minimum absolute atomic E-state index is 0.0120. The lowest BCUT2D eigenvalue weighted by molar-refractivity contribution is -0.126. The highest BCUT2D eigenvalue weighted by atomic mass is 79.9. The predicted molar refractivity (Wildman–Crippen MR) is 97.9 cm³/mol. The molecule has 1 saturated heterocycles. The van der Waals surface area contributed by atoms with Gasteiger partial charge in [-0.2, -0.15) is 0 Å². The molecule has 0 aliphatic carbocycles. The number of carbonyl (C=O) groups is 2. The van der Waals surface area contributed by atoms with Crippen LogP contribution in [0, 0.1) is 12.8 Å². The Bertz CT molecular complexity index is 687. The lowest BCUT2D eigenvalue weighted by Gasteiger charge is -2.18. The number of aryl methyl sites for hydroxylation is 1. The van der Waals surface area contributed by atoms with Gasteiger partial charge in [-0.25, -0.2) is 0 Å². The second-order valence-corrected chi connectivity index (χ2v) is 7.23. The van der Waals surface area contributed by atoms with Crippen LogP contribution in [-0.2, 0) is 9.59 Å². The highest BCUT2D eigenvalue weighted by molar-refractivity contribution is 9.10. The first-order chi connectivity index (χ1) is 11.5. The van der Waals surface area contributed by atoms with E-state index in [1.807, 2.05) is 25.1 Å². The summed E-state index contributed by atoms with van der Waals surface area (Å²) in [5, 5.41) is 6.24. The van der Waals surface area contributed by atoms with E-state index < -0.39 is 0 Å². The maximum absolute atomic E-state index is 12.4. The number of benzene rings is 1. The van der Waals surface area contributed by atoms with E-state index in [0.717, 1.165) is 35.2 Å². The molecular weight excluding hydrogens is 370 g/mol. The first-order valence-electron chi connectivity index (χ1n) is 8.27. The van der Waals surface area contributed by atoms with Crippen molar-refractivity contribution in [3.05, 3.63) is 39.9 Å². The summed E-state index contributed by atoms with van der Waals surface area (Å²) in [7, 11) is 0. The van der Waals surface area contributed by atoms with E-state index in [1.54, 1.807) is 4.90 Å². The molecular formula is C18H22BrN3O2. The molecule has 1 aromatic rings. The summed E-state index contributed by atoms with van der Waals surface area (Å²) < 4.78 is 1.02. The molecule has 1 aromatic carbocycles. The van der Waals surface area contributed by atoms with Crippen molar-refractivity contribution >= 4 is 33.4 Å². The lowest BCUT2D eigenvalue weighted by Crippen LogP contribution is -2.35. The Morgan fingerprint density at radius 3 is 3.00 bits per heavy atom. The molecule has 5 nitrogen and oxygen atoms in total. The van der Waals surface area contributed by atoms with Crippen molar-refractivity contribution in [2.75, 3.05) is 31.1 Å². The van der Waals surface area contributed by atoms with Crippen molar-refractivity contribution in [2.45, 2.75) is 19.8 Å². The minimum atomic E-state index is -0.274. The molecule has 2 aliphatic heterocycles. The Morgan fingerprint density at radius 1 is 1.46 bits per heavy atom. The van der Waals surface area contributed by atoms with Crippen molar-refractivity contribution in [3.8, 4) is 0 Å². The van der Waals surface area contributed by atoms with Crippen LogP contribution in [0.2, 0.25) is 0 Å². The monoisotopic (exact) mass is 391 g/mol. The van der Waals surface area contributed by atoms with Gasteiger partial charge in [0.25, 0.3) is 0 Å². The van der Waals surface area contributed by atoms with E-state index in [0.29, 0.717) is 13.1 Å². The lowest BCUT2D eigenvalue weighted by atomic mass is 10.1. The molecule has 2 N–H and O–H groups in total. The van der Waals surface area contributed by atoms with E-state index in [2.05, 4.69) is 32.6 Å². The highest BCUT2D eigenvalue weighted by Crippen LogP contribution is 2.28. The number of carbonyl (C=O) groups excluding carboxylic acids is 2. The fourth-order valence-electron chi connectivity index (χ4n) is 3.10. The van der Waals surface area contributed by atoms with Crippen molar-refractivity contribution in [2.24, 2.45) is 5.92 Å². The molecule has 1 fully saturated rings. The second-order valence-electron chi connectivity index (χ2n) is 6.37. The molecule has 2 heterocycles. The summed E-state index contributed by atoms with van der Waals surface area (Å²) >= 11 is 3.47. The smallest absolute Gasteiger partial charge is 0.227 e.